The second kappa shape index (κ2) is 7.83. The Morgan fingerprint density at radius 1 is 1.19 bits per heavy atom. The van der Waals surface area contributed by atoms with E-state index in [1.165, 1.54) is 4.90 Å². The third-order valence-electron chi connectivity index (χ3n) is 7.80. The average molecular weight is 454 g/mol. The van der Waals surface area contributed by atoms with E-state index < -0.39 is 23.3 Å². The van der Waals surface area contributed by atoms with E-state index in [1.54, 1.807) is 7.11 Å². The van der Waals surface area contributed by atoms with Crippen LogP contribution in [0, 0.1) is 11.8 Å². The molecule has 176 valence electrons. The van der Waals surface area contributed by atoms with E-state index in [9.17, 15) is 18.0 Å². The van der Waals surface area contributed by atoms with Gasteiger partial charge in [-0.25, -0.2) is 9.97 Å². The lowest BCUT2D eigenvalue weighted by Crippen LogP contribution is -2.47. The van der Waals surface area contributed by atoms with Crippen LogP contribution in [0.15, 0.2) is 6.20 Å². The molecule has 5 fully saturated rings. The Hall–Kier alpha value is -1.94. The summed E-state index contributed by atoms with van der Waals surface area (Å²) in [5, 5.41) is 3.30. The first-order valence-corrected chi connectivity index (χ1v) is 11.4. The highest BCUT2D eigenvalue weighted by Crippen LogP contribution is 2.56. The van der Waals surface area contributed by atoms with Gasteiger partial charge in [-0.2, -0.15) is 13.2 Å². The van der Waals surface area contributed by atoms with E-state index >= 15 is 0 Å². The van der Waals surface area contributed by atoms with Crippen molar-refractivity contribution in [2.75, 3.05) is 38.7 Å². The van der Waals surface area contributed by atoms with Crippen LogP contribution in [-0.2, 0) is 15.7 Å². The van der Waals surface area contributed by atoms with Gasteiger partial charge in [-0.05, 0) is 56.8 Å². The van der Waals surface area contributed by atoms with Crippen molar-refractivity contribution in [3.05, 3.63) is 17.5 Å². The molecule has 2 heterocycles. The molecular weight excluding hydrogens is 425 g/mol. The smallest absolute Gasteiger partial charge is 0.378 e. The fraction of sp³-hybridized carbons (Fsp3) is 0.773. The van der Waals surface area contributed by atoms with Gasteiger partial charge < -0.3 is 19.7 Å². The molecule has 1 aliphatic heterocycles. The number of nitrogens with one attached hydrogen (secondary N) is 1. The van der Waals surface area contributed by atoms with Crippen LogP contribution in [0.4, 0.5) is 19.1 Å². The van der Waals surface area contributed by atoms with Crippen LogP contribution >= 0.6 is 0 Å². The molecule has 1 saturated heterocycles. The van der Waals surface area contributed by atoms with Gasteiger partial charge >= 0.3 is 6.18 Å². The number of ether oxygens (including phenoxy) is 2. The van der Waals surface area contributed by atoms with Crippen LogP contribution in [0.25, 0.3) is 0 Å². The third kappa shape index (κ3) is 3.96. The molecule has 1 aromatic heterocycles. The number of hydrogen-bond acceptors (Lipinski definition) is 6. The Morgan fingerprint density at radius 3 is 2.50 bits per heavy atom. The number of amides is 1. The summed E-state index contributed by atoms with van der Waals surface area (Å²) in [5.74, 6) is 0.214. The minimum absolute atomic E-state index is 0.0536. The highest BCUT2D eigenvalue weighted by atomic mass is 19.4. The van der Waals surface area contributed by atoms with Gasteiger partial charge in [-0.1, -0.05) is 0 Å². The molecule has 4 aliphatic carbocycles. The van der Waals surface area contributed by atoms with Crippen molar-refractivity contribution in [3.8, 4) is 0 Å². The predicted molar refractivity (Wildman–Crippen MR) is 109 cm³/mol. The number of methoxy groups -OCH3 is 1. The summed E-state index contributed by atoms with van der Waals surface area (Å²) in [6.45, 7) is 1.12. The van der Waals surface area contributed by atoms with Crippen molar-refractivity contribution in [2.24, 2.45) is 11.8 Å². The molecule has 2 atom stereocenters. The van der Waals surface area contributed by atoms with Gasteiger partial charge in [0.1, 0.15) is 0 Å². The zero-order valence-electron chi connectivity index (χ0n) is 18.2. The van der Waals surface area contributed by atoms with Crippen LogP contribution in [0.5, 0.6) is 0 Å². The Labute approximate surface area is 185 Å². The molecule has 0 spiro atoms. The Balaban J connectivity index is 1.43. The van der Waals surface area contributed by atoms with Crippen LogP contribution < -0.4 is 5.32 Å². The summed E-state index contributed by atoms with van der Waals surface area (Å²) in [7, 11) is 1.77. The lowest BCUT2D eigenvalue weighted by atomic mass is 9.64. The molecule has 2 unspecified atom stereocenters. The van der Waals surface area contributed by atoms with E-state index in [-0.39, 0.29) is 30.2 Å². The van der Waals surface area contributed by atoms with Gasteiger partial charge in [0, 0.05) is 31.9 Å². The lowest BCUT2D eigenvalue weighted by molar-refractivity contribution is -0.141. The predicted octanol–water partition coefficient (Wildman–Crippen LogP) is 3.51. The van der Waals surface area contributed by atoms with Gasteiger partial charge in [0.15, 0.2) is 5.69 Å². The summed E-state index contributed by atoms with van der Waals surface area (Å²) in [4.78, 5) is 22.1. The minimum Gasteiger partial charge on any atom is -0.378 e. The number of alkyl halides is 3. The quantitative estimate of drug-likeness (QED) is 0.751. The molecule has 5 aliphatic rings. The summed E-state index contributed by atoms with van der Waals surface area (Å²) < 4.78 is 52.8. The Morgan fingerprint density at radius 2 is 1.88 bits per heavy atom. The molecule has 4 bridgehead atoms. The first kappa shape index (κ1) is 21.9. The molecule has 1 N–H and O–H groups in total. The number of aromatic nitrogens is 2. The largest absolute Gasteiger partial charge is 0.434 e. The second-order valence-corrected chi connectivity index (χ2v) is 9.93. The summed E-state index contributed by atoms with van der Waals surface area (Å²) >= 11 is 0. The molecule has 7 nitrogen and oxygen atoms in total. The maximum atomic E-state index is 13.9. The number of morpholine rings is 1. The lowest BCUT2D eigenvalue weighted by Gasteiger charge is -2.48. The van der Waals surface area contributed by atoms with Crippen molar-refractivity contribution in [2.45, 2.75) is 62.3 Å². The molecular formula is C22H29F3N4O3. The number of carbonyl (C=O) groups is 1. The number of anilines is 1. The molecule has 10 heteroatoms. The fourth-order valence-electron chi connectivity index (χ4n) is 6.57. The SMILES string of the molecule is COC12CCC3(Nc4ncc(C(=O)N5CCOCC5)c(C(F)(F)F)n4)CC(CC(C3)C1)C2. The maximum Gasteiger partial charge on any atom is 0.434 e. The molecule has 32 heavy (non-hydrogen) atoms. The van der Waals surface area contributed by atoms with Crippen molar-refractivity contribution in [3.63, 3.8) is 0 Å². The first-order valence-electron chi connectivity index (χ1n) is 11.4. The zero-order chi connectivity index (χ0) is 22.6. The van der Waals surface area contributed by atoms with Crippen LogP contribution in [0.3, 0.4) is 0 Å². The Kier molecular flexibility index (Phi) is 5.35. The normalized spacial score (nSPS) is 34.4. The van der Waals surface area contributed by atoms with Crippen LogP contribution in [-0.4, -0.2) is 65.3 Å². The van der Waals surface area contributed by atoms with Crippen molar-refractivity contribution < 1.29 is 27.4 Å². The fourth-order valence-corrected chi connectivity index (χ4v) is 6.57. The number of carbonyl (C=O) groups excluding carboxylic acids is 1. The average Bonchev–Trinajstić information content (AvgIpc) is 2.94. The van der Waals surface area contributed by atoms with E-state index in [0.717, 1.165) is 51.1 Å². The second-order valence-electron chi connectivity index (χ2n) is 9.93. The number of halogens is 3. The van der Waals surface area contributed by atoms with Crippen LogP contribution in [0.2, 0.25) is 0 Å². The third-order valence-corrected chi connectivity index (χ3v) is 7.80. The van der Waals surface area contributed by atoms with Crippen molar-refractivity contribution in [1.82, 2.24) is 14.9 Å². The van der Waals surface area contributed by atoms with Gasteiger partial charge in [0.2, 0.25) is 5.95 Å². The molecule has 1 amide bonds. The number of nitrogens with zero attached hydrogens (tertiary/aromatic N) is 3. The van der Waals surface area contributed by atoms with Gasteiger partial charge in [-0.15, -0.1) is 0 Å². The molecule has 1 aromatic rings. The van der Waals surface area contributed by atoms with E-state index in [2.05, 4.69) is 15.3 Å². The van der Waals surface area contributed by atoms with Gasteiger partial charge in [0.05, 0.1) is 24.4 Å². The minimum atomic E-state index is -4.76. The van der Waals surface area contributed by atoms with Crippen molar-refractivity contribution in [1.29, 1.82) is 0 Å². The molecule has 0 aromatic carbocycles. The number of hydrogen-bond donors (Lipinski definition) is 1. The zero-order valence-corrected chi connectivity index (χ0v) is 18.2. The van der Waals surface area contributed by atoms with Crippen LogP contribution in [0.1, 0.15) is 61.0 Å². The highest BCUT2D eigenvalue weighted by Gasteiger charge is 2.54. The summed E-state index contributed by atoms with van der Waals surface area (Å²) in [6.07, 6.45) is 2.89. The van der Waals surface area contributed by atoms with Gasteiger partial charge in [0.25, 0.3) is 5.91 Å². The molecule has 6 rings (SSSR count). The van der Waals surface area contributed by atoms with E-state index in [1.807, 2.05) is 0 Å². The van der Waals surface area contributed by atoms with E-state index in [4.69, 9.17) is 9.47 Å². The number of fused-ring (bicyclic) bond motifs is 1. The highest BCUT2D eigenvalue weighted by molar-refractivity contribution is 5.95. The number of rotatable bonds is 4. The summed E-state index contributed by atoms with van der Waals surface area (Å²) in [6, 6.07) is 0. The van der Waals surface area contributed by atoms with Crippen molar-refractivity contribution >= 4 is 11.9 Å². The molecule has 4 saturated carbocycles. The standard InChI is InChI=1S/C22H29F3N4O3/c1-31-21-3-2-20(9-14(11-21)8-15(10-20)12-21)28-19-26-13-16(17(27-19)22(23,24)25)18(30)29-4-6-32-7-5-29/h13-15H,2-12H2,1H3,(H,26,27,28). The first-order chi connectivity index (χ1) is 15.2. The monoisotopic (exact) mass is 454 g/mol. The Bertz CT molecular complexity index is 874. The summed E-state index contributed by atoms with van der Waals surface area (Å²) in [5.41, 5.74) is -2.13. The molecule has 0 radical (unpaired) electrons. The van der Waals surface area contributed by atoms with Gasteiger partial charge in [-0.3, -0.25) is 4.79 Å². The van der Waals surface area contributed by atoms with E-state index in [0.29, 0.717) is 25.0 Å². The topological polar surface area (TPSA) is 76.6 Å². The maximum absolute atomic E-state index is 13.9.